The molecule has 8 nitrogen and oxygen atoms in total. The first kappa shape index (κ1) is 19.9. The molecule has 0 aliphatic carbocycles. The molecule has 0 unspecified atom stereocenters. The number of amides is 1. The Hall–Kier alpha value is -3.42. The average molecular weight is 404 g/mol. The summed E-state index contributed by atoms with van der Waals surface area (Å²) in [7, 11) is 0. The second-order valence-corrected chi connectivity index (χ2v) is 7.59. The number of ketones is 1. The van der Waals surface area contributed by atoms with Crippen molar-refractivity contribution in [2.24, 2.45) is 0 Å². The molecule has 0 bridgehead atoms. The van der Waals surface area contributed by atoms with Gasteiger partial charge in [-0.15, -0.1) is 5.10 Å². The van der Waals surface area contributed by atoms with Crippen molar-refractivity contribution in [3.63, 3.8) is 0 Å². The van der Waals surface area contributed by atoms with Gasteiger partial charge in [-0.1, -0.05) is 0 Å². The molecule has 0 radical (unpaired) electrons. The summed E-state index contributed by atoms with van der Waals surface area (Å²) in [6, 6.07) is 7.57. The van der Waals surface area contributed by atoms with Crippen LogP contribution in [-0.2, 0) is 22.6 Å². The van der Waals surface area contributed by atoms with E-state index in [1.165, 1.54) is 0 Å². The van der Waals surface area contributed by atoms with Gasteiger partial charge in [0.05, 0.1) is 23.5 Å². The topological polar surface area (TPSA) is 93.9 Å². The van der Waals surface area contributed by atoms with Crippen molar-refractivity contribution in [1.82, 2.24) is 25.0 Å². The number of aromatic nitrogens is 5. The number of fused-ring (bicyclic) bond motifs is 1. The number of carbonyl (C=O) groups excluding carboxylic acids is 2. The van der Waals surface area contributed by atoms with E-state index in [1.807, 2.05) is 42.8 Å². The third-order valence-corrected chi connectivity index (χ3v) is 5.18. The molecule has 0 atom stereocenters. The van der Waals surface area contributed by atoms with Gasteiger partial charge in [-0.05, 0) is 44.0 Å². The lowest BCUT2D eigenvalue weighted by Crippen LogP contribution is -2.37. The summed E-state index contributed by atoms with van der Waals surface area (Å²) in [4.78, 5) is 31.0. The Balaban J connectivity index is 1.35. The van der Waals surface area contributed by atoms with E-state index >= 15 is 0 Å². The summed E-state index contributed by atoms with van der Waals surface area (Å²) in [6.07, 6.45) is 4.86. The smallest absolute Gasteiger partial charge is 0.228 e. The Morgan fingerprint density at radius 3 is 2.73 bits per heavy atom. The molecule has 0 N–H and O–H groups in total. The molecule has 4 heterocycles. The van der Waals surface area contributed by atoms with Gasteiger partial charge in [-0.25, -0.2) is 4.68 Å². The molecule has 1 aliphatic heterocycles. The van der Waals surface area contributed by atoms with E-state index in [1.54, 1.807) is 17.3 Å². The summed E-state index contributed by atoms with van der Waals surface area (Å²) in [5, 5.41) is 12.9. The normalized spacial score (nSPS) is 13.2. The minimum Gasteiger partial charge on any atom is -0.299 e. The molecule has 0 saturated carbocycles. The van der Waals surface area contributed by atoms with Crippen LogP contribution in [-0.4, -0.2) is 43.2 Å². The van der Waals surface area contributed by atoms with Gasteiger partial charge in [0, 0.05) is 50.0 Å². The maximum atomic E-state index is 12.7. The quantitative estimate of drug-likeness (QED) is 0.627. The first-order valence-corrected chi connectivity index (χ1v) is 10.1. The predicted octanol–water partition coefficient (Wildman–Crippen LogP) is 2.68. The molecule has 0 aromatic carbocycles. The molecule has 4 rings (SSSR count). The second kappa shape index (κ2) is 8.52. The Morgan fingerprint density at radius 1 is 1.10 bits per heavy atom. The number of nitrogens with zero attached hydrogens (tertiary/aromatic N) is 6. The summed E-state index contributed by atoms with van der Waals surface area (Å²) < 4.78 is 1.86. The first-order chi connectivity index (χ1) is 14.5. The van der Waals surface area contributed by atoms with E-state index in [9.17, 15) is 9.59 Å². The lowest BCUT2D eigenvalue weighted by molar-refractivity contribution is -0.123. The maximum Gasteiger partial charge on any atom is 0.228 e. The number of hydrogen-bond donors (Lipinski definition) is 0. The molecule has 3 aromatic heterocycles. The Bertz CT molecular complexity index is 1080. The molecule has 0 saturated heterocycles. The second-order valence-electron chi connectivity index (χ2n) is 7.59. The molecular weight excluding hydrogens is 380 g/mol. The van der Waals surface area contributed by atoms with Crippen molar-refractivity contribution >= 4 is 17.5 Å². The van der Waals surface area contributed by atoms with Crippen LogP contribution in [0.5, 0.6) is 0 Å². The number of aryl methyl sites for hydroxylation is 3. The van der Waals surface area contributed by atoms with E-state index in [0.717, 1.165) is 41.3 Å². The summed E-state index contributed by atoms with van der Waals surface area (Å²) in [6.45, 7) is 5.34. The Kier molecular flexibility index (Phi) is 5.65. The Morgan fingerprint density at radius 2 is 1.97 bits per heavy atom. The van der Waals surface area contributed by atoms with Crippen molar-refractivity contribution < 1.29 is 9.59 Å². The summed E-state index contributed by atoms with van der Waals surface area (Å²) in [5.41, 5.74) is 4.09. The van der Waals surface area contributed by atoms with Gasteiger partial charge in [0.25, 0.3) is 0 Å². The lowest BCUT2D eigenvalue weighted by Gasteiger charge is -2.27. The molecule has 0 spiro atoms. The minimum absolute atomic E-state index is 0.0205. The van der Waals surface area contributed by atoms with Crippen LogP contribution in [0.25, 0.3) is 11.3 Å². The fraction of sp³-hybridized carbons (Fsp3) is 0.364. The van der Waals surface area contributed by atoms with Crippen molar-refractivity contribution in [2.45, 2.75) is 46.1 Å². The molecular formula is C22H24N6O2. The number of Topliss-reactive ketones (excluding diaryl/α,β-unsaturated/α-hetero) is 1. The highest BCUT2D eigenvalue weighted by Gasteiger charge is 2.24. The first-order valence-electron chi connectivity index (χ1n) is 10.1. The van der Waals surface area contributed by atoms with Gasteiger partial charge in [-0.3, -0.25) is 19.5 Å². The average Bonchev–Trinajstić information content (AvgIpc) is 3.13. The monoisotopic (exact) mass is 404 g/mol. The number of pyridine rings is 1. The van der Waals surface area contributed by atoms with Gasteiger partial charge in [-0.2, -0.15) is 10.2 Å². The highest BCUT2D eigenvalue weighted by molar-refractivity contribution is 5.95. The molecule has 154 valence electrons. The van der Waals surface area contributed by atoms with Gasteiger partial charge in [0.2, 0.25) is 5.91 Å². The van der Waals surface area contributed by atoms with E-state index in [-0.39, 0.29) is 31.0 Å². The van der Waals surface area contributed by atoms with Gasteiger partial charge < -0.3 is 0 Å². The third kappa shape index (κ3) is 4.27. The van der Waals surface area contributed by atoms with Crippen molar-refractivity contribution in [2.75, 3.05) is 11.4 Å². The van der Waals surface area contributed by atoms with Crippen LogP contribution in [0.1, 0.15) is 36.2 Å². The standard InChI is InChI=1S/C22H24N6O2/c1-15-11-18(24-25-22(15)17-5-3-8-23-14-17)13-19(29)6-7-21(30)27-9-4-10-28-20(27)12-16(2)26-28/h3,5,8,11-12,14H,4,6-7,9-10,13H2,1-2H3. The number of carbonyl (C=O) groups is 2. The van der Waals surface area contributed by atoms with E-state index in [2.05, 4.69) is 20.3 Å². The van der Waals surface area contributed by atoms with Crippen molar-refractivity contribution in [3.05, 3.63) is 53.6 Å². The molecule has 1 amide bonds. The number of anilines is 1. The Labute approximate surface area is 175 Å². The van der Waals surface area contributed by atoms with Crippen LogP contribution >= 0.6 is 0 Å². The minimum atomic E-state index is -0.0432. The molecule has 0 fully saturated rings. The van der Waals surface area contributed by atoms with E-state index in [0.29, 0.717) is 12.2 Å². The van der Waals surface area contributed by atoms with Crippen LogP contribution in [0.15, 0.2) is 36.7 Å². The summed E-state index contributed by atoms with van der Waals surface area (Å²) >= 11 is 0. The predicted molar refractivity (Wildman–Crippen MR) is 112 cm³/mol. The number of rotatable bonds is 6. The van der Waals surface area contributed by atoms with Crippen molar-refractivity contribution in [1.29, 1.82) is 0 Å². The van der Waals surface area contributed by atoms with Crippen LogP contribution < -0.4 is 4.90 Å². The highest BCUT2D eigenvalue weighted by atomic mass is 16.2. The number of hydrogen-bond acceptors (Lipinski definition) is 6. The van der Waals surface area contributed by atoms with Crippen LogP contribution in [0.4, 0.5) is 5.82 Å². The zero-order valence-electron chi connectivity index (χ0n) is 17.2. The van der Waals surface area contributed by atoms with E-state index < -0.39 is 0 Å². The zero-order chi connectivity index (χ0) is 21.1. The fourth-order valence-electron chi connectivity index (χ4n) is 3.75. The molecule has 8 heteroatoms. The van der Waals surface area contributed by atoms with Crippen LogP contribution in [0.3, 0.4) is 0 Å². The van der Waals surface area contributed by atoms with E-state index in [4.69, 9.17) is 0 Å². The molecule has 3 aromatic rings. The van der Waals surface area contributed by atoms with Gasteiger partial charge >= 0.3 is 0 Å². The SMILES string of the molecule is Cc1cc2n(n1)CCCN2C(=O)CCC(=O)Cc1cc(C)c(-c2cccnc2)nn1. The highest BCUT2D eigenvalue weighted by Crippen LogP contribution is 2.23. The molecule has 1 aliphatic rings. The van der Waals surface area contributed by atoms with Crippen LogP contribution in [0.2, 0.25) is 0 Å². The van der Waals surface area contributed by atoms with Crippen LogP contribution in [0, 0.1) is 13.8 Å². The largest absolute Gasteiger partial charge is 0.299 e. The maximum absolute atomic E-state index is 12.7. The lowest BCUT2D eigenvalue weighted by atomic mass is 10.1. The summed E-state index contributed by atoms with van der Waals surface area (Å²) in [5.74, 6) is 0.759. The van der Waals surface area contributed by atoms with Gasteiger partial charge in [0.15, 0.2) is 0 Å². The van der Waals surface area contributed by atoms with Crippen molar-refractivity contribution in [3.8, 4) is 11.3 Å². The third-order valence-electron chi connectivity index (χ3n) is 5.18. The zero-order valence-corrected chi connectivity index (χ0v) is 17.2. The molecule has 30 heavy (non-hydrogen) atoms. The fourth-order valence-corrected chi connectivity index (χ4v) is 3.75. The van der Waals surface area contributed by atoms with Gasteiger partial charge in [0.1, 0.15) is 11.6 Å².